The van der Waals surface area contributed by atoms with Crippen LogP contribution in [-0.4, -0.2) is 9.97 Å². The number of fused-ring (bicyclic) bond motifs is 4. The highest BCUT2D eigenvalue weighted by Crippen LogP contribution is 2.41. The highest BCUT2D eigenvalue weighted by Gasteiger charge is 2.18. The van der Waals surface area contributed by atoms with Crippen LogP contribution in [0.3, 0.4) is 0 Å². The topological polar surface area (TPSA) is 25.8 Å². The average Bonchev–Trinajstić information content (AvgIpc) is 3.53. The largest absolute Gasteiger partial charge is 0.226 e. The zero-order valence-electron chi connectivity index (χ0n) is 25.5. The van der Waals surface area contributed by atoms with Crippen LogP contribution in [0.2, 0.25) is 0 Å². The van der Waals surface area contributed by atoms with Gasteiger partial charge in [0.1, 0.15) is 0 Å². The third-order valence-electron chi connectivity index (χ3n) is 8.89. The quantitative estimate of drug-likeness (QED) is 0.192. The second kappa shape index (κ2) is 11.5. The van der Waals surface area contributed by atoms with Crippen molar-refractivity contribution in [2.75, 3.05) is 0 Å². The summed E-state index contributed by atoms with van der Waals surface area (Å²) < 4.78 is 2.31. The van der Waals surface area contributed by atoms with E-state index >= 15 is 0 Å². The Balaban J connectivity index is 1.21. The zero-order valence-corrected chi connectivity index (χ0v) is 26.3. The van der Waals surface area contributed by atoms with Crippen molar-refractivity contribution in [2.24, 2.45) is 0 Å². The molecule has 0 atom stereocenters. The first kappa shape index (κ1) is 27.4. The molecule has 0 spiro atoms. The van der Waals surface area contributed by atoms with Crippen LogP contribution in [0, 0.1) is 0 Å². The lowest BCUT2D eigenvalue weighted by Crippen LogP contribution is -1.94. The lowest BCUT2D eigenvalue weighted by molar-refractivity contribution is 1.24. The van der Waals surface area contributed by atoms with Gasteiger partial charge < -0.3 is 0 Å². The second-order valence-corrected chi connectivity index (χ2v) is 12.9. The Morgan fingerprint density at radius 1 is 0.362 bits per heavy atom. The first-order chi connectivity index (χ1) is 23.3. The fourth-order valence-corrected chi connectivity index (χ4v) is 7.63. The maximum Gasteiger partial charge on any atom is 0.160 e. The Bertz CT molecular complexity index is 2550. The molecule has 2 heterocycles. The fourth-order valence-electron chi connectivity index (χ4n) is 6.43. The van der Waals surface area contributed by atoms with E-state index in [1.807, 2.05) is 6.07 Å². The molecule has 7 aromatic carbocycles. The molecule has 3 heteroatoms. The van der Waals surface area contributed by atoms with Crippen molar-refractivity contribution in [3.8, 4) is 56.0 Å². The fraction of sp³-hybridized carbons (Fsp3) is 0. The third-order valence-corrected chi connectivity index (χ3v) is 10.0. The third kappa shape index (κ3) is 5.07. The van der Waals surface area contributed by atoms with Gasteiger partial charge in [-0.25, -0.2) is 9.97 Å². The van der Waals surface area contributed by atoms with Crippen molar-refractivity contribution in [1.29, 1.82) is 0 Å². The van der Waals surface area contributed by atoms with Gasteiger partial charge in [-0.05, 0) is 62.4 Å². The molecule has 0 saturated carbocycles. The smallest absolute Gasteiger partial charge is 0.160 e. The highest BCUT2D eigenvalue weighted by molar-refractivity contribution is 7.26. The van der Waals surface area contributed by atoms with Crippen LogP contribution in [0.5, 0.6) is 0 Å². The predicted octanol–water partition coefficient (Wildman–Crippen LogP) is 12.3. The van der Waals surface area contributed by atoms with Crippen molar-refractivity contribution in [2.45, 2.75) is 0 Å². The molecule has 0 aliphatic carbocycles. The van der Waals surface area contributed by atoms with Crippen LogP contribution < -0.4 is 0 Å². The monoisotopic (exact) mass is 616 g/mol. The maximum absolute atomic E-state index is 5.29. The van der Waals surface area contributed by atoms with Crippen LogP contribution in [-0.2, 0) is 0 Å². The SMILES string of the molecule is c1ccc(-c2cccc(-c3nc(-c4ccc(-c5ccc6ccccc6c5)cc4)c4sc5cc(-c6ccccc6)ccc5c4n3)c2)cc1. The summed E-state index contributed by atoms with van der Waals surface area (Å²) in [7, 11) is 0. The van der Waals surface area contributed by atoms with Crippen LogP contribution in [0.15, 0.2) is 170 Å². The Hall–Kier alpha value is -5.90. The highest BCUT2D eigenvalue weighted by atomic mass is 32.1. The van der Waals surface area contributed by atoms with Crippen molar-refractivity contribution in [3.05, 3.63) is 170 Å². The first-order valence-corrected chi connectivity index (χ1v) is 16.6. The van der Waals surface area contributed by atoms with Gasteiger partial charge in [-0.3, -0.25) is 0 Å². The number of nitrogens with zero attached hydrogens (tertiary/aromatic N) is 2. The average molecular weight is 617 g/mol. The number of hydrogen-bond donors (Lipinski definition) is 0. The van der Waals surface area contributed by atoms with E-state index < -0.39 is 0 Å². The summed E-state index contributed by atoms with van der Waals surface area (Å²) in [5.74, 6) is 0.732. The maximum atomic E-state index is 5.29. The molecule has 9 rings (SSSR count). The van der Waals surface area contributed by atoms with Crippen LogP contribution >= 0.6 is 11.3 Å². The molecular formula is C44H28N2S. The van der Waals surface area contributed by atoms with Gasteiger partial charge in [-0.15, -0.1) is 11.3 Å². The first-order valence-electron chi connectivity index (χ1n) is 15.8. The van der Waals surface area contributed by atoms with Crippen molar-refractivity contribution < 1.29 is 0 Å². The molecule has 47 heavy (non-hydrogen) atoms. The standard InChI is InChI=1S/C44H28N2S/c1-3-10-29(11-4-1)35-16-9-17-38(27-35)44-45-41(33-21-18-32(19-22-33)36-23-20-31-14-7-8-15-34(31)26-36)43-42(46-44)39-25-24-37(28-40(39)47-43)30-12-5-2-6-13-30/h1-28H. The zero-order chi connectivity index (χ0) is 31.2. The Morgan fingerprint density at radius 3 is 1.68 bits per heavy atom. The van der Waals surface area contributed by atoms with Gasteiger partial charge in [-0.2, -0.15) is 0 Å². The van der Waals surface area contributed by atoms with E-state index in [1.165, 1.54) is 43.3 Å². The number of aromatic nitrogens is 2. The molecule has 0 amide bonds. The molecule has 9 aromatic rings. The summed E-state index contributed by atoms with van der Waals surface area (Å²) in [4.78, 5) is 10.5. The van der Waals surface area contributed by atoms with Gasteiger partial charge in [-0.1, -0.05) is 152 Å². The van der Waals surface area contributed by atoms with Gasteiger partial charge in [0.25, 0.3) is 0 Å². The van der Waals surface area contributed by atoms with Gasteiger partial charge in [0.15, 0.2) is 5.82 Å². The minimum atomic E-state index is 0.732. The van der Waals surface area contributed by atoms with E-state index in [-0.39, 0.29) is 0 Å². The minimum Gasteiger partial charge on any atom is -0.226 e. The van der Waals surface area contributed by atoms with Gasteiger partial charge in [0.05, 0.1) is 15.9 Å². The summed E-state index contributed by atoms with van der Waals surface area (Å²) in [5.41, 5.74) is 11.2. The molecule has 0 saturated heterocycles. The Labute approximate surface area is 277 Å². The molecular weight excluding hydrogens is 589 g/mol. The summed E-state index contributed by atoms with van der Waals surface area (Å²) in [6.07, 6.45) is 0. The molecule has 220 valence electrons. The minimum absolute atomic E-state index is 0.732. The molecule has 0 N–H and O–H groups in total. The molecule has 0 bridgehead atoms. The number of rotatable bonds is 5. The summed E-state index contributed by atoms with van der Waals surface area (Å²) in [5, 5.41) is 3.65. The molecule has 0 fully saturated rings. The van der Waals surface area contributed by atoms with Crippen molar-refractivity contribution >= 4 is 42.4 Å². The van der Waals surface area contributed by atoms with Gasteiger partial charge in [0, 0.05) is 21.2 Å². The van der Waals surface area contributed by atoms with E-state index in [0.29, 0.717) is 0 Å². The summed E-state index contributed by atoms with van der Waals surface area (Å²) >= 11 is 1.77. The molecule has 0 aliphatic rings. The van der Waals surface area contributed by atoms with Gasteiger partial charge in [0.2, 0.25) is 0 Å². The second-order valence-electron chi connectivity index (χ2n) is 11.8. The van der Waals surface area contributed by atoms with Crippen LogP contribution in [0.25, 0.3) is 87.1 Å². The predicted molar refractivity (Wildman–Crippen MR) is 200 cm³/mol. The van der Waals surface area contributed by atoms with Crippen molar-refractivity contribution in [3.63, 3.8) is 0 Å². The summed E-state index contributed by atoms with van der Waals surface area (Å²) in [6.45, 7) is 0. The van der Waals surface area contributed by atoms with Gasteiger partial charge >= 0.3 is 0 Å². The normalized spacial score (nSPS) is 11.4. The molecule has 0 radical (unpaired) electrons. The van der Waals surface area contributed by atoms with Crippen molar-refractivity contribution in [1.82, 2.24) is 9.97 Å². The number of thiophene rings is 1. The molecule has 2 nitrogen and oxygen atoms in total. The molecule has 0 unspecified atom stereocenters. The lowest BCUT2D eigenvalue weighted by atomic mass is 9.99. The molecule has 0 aliphatic heterocycles. The van der Waals surface area contributed by atoms with Crippen LogP contribution in [0.4, 0.5) is 0 Å². The summed E-state index contributed by atoms with van der Waals surface area (Å²) in [6, 6.07) is 60.3. The van der Waals surface area contributed by atoms with E-state index in [0.717, 1.165) is 43.8 Å². The van der Waals surface area contributed by atoms with E-state index in [4.69, 9.17) is 9.97 Å². The van der Waals surface area contributed by atoms with E-state index in [9.17, 15) is 0 Å². The Morgan fingerprint density at radius 2 is 0.915 bits per heavy atom. The lowest BCUT2D eigenvalue weighted by Gasteiger charge is -2.10. The molecule has 2 aromatic heterocycles. The van der Waals surface area contributed by atoms with E-state index in [1.54, 1.807) is 11.3 Å². The number of benzene rings is 7. The van der Waals surface area contributed by atoms with Crippen LogP contribution in [0.1, 0.15) is 0 Å². The number of hydrogen-bond acceptors (Lipinski definition) is 3. The Kier molecular flexibility index (Phi) is 6.69. The van der Waals surface area contributed by atoms with E-state index in [2.05, 4.69) is 164 Å².